The summed E-state index contributed by atoms with van der Waals surface area (Å²) in [6.07, 6.45) is 3.72. The van der Waals surface area contributed by atoms with Crippen LogP contribution in [-0.4, -0.2) is 37.1 Å². The molecule has 1 aromatic heterocycles. The quantitative estimate of drug-likeness (QED) is 0.565. The number of carbonyl (C=O) groups excluding carboxylic acids is 2. The van der Waals surface area contributed by atoms with Crippen molar-refractivity contribution >= 4 is 17.5 Å². The average molecular weight is 237 g/mol. The first-order valence-corrected chi connectivity index (χ1v) is 5.22. The Balaban J connectivity index is 2.30. The van der Waals surface area contributed by atoms with E-state index < -0.39 is 11.8 Å². The van der Waals surface area contributed by atoms with E-state index >= 15 is 0 Å². The predicted octanol–water partition coefficient (Wildman–Crippen LogP) is 0.173. The Labute approximate surface area is 99.4 Å². The van der Waals surface area contributed by atoms with Gasteiger partial charge in [0.1, 0.15) is 0 Å². The van der Waals surface area contributed by atoms with Gasteiger partial charge < -0.3 is 15.4 Å². The number of hydrogen-bond donors (Lipinski definition) is 2. The van der Waals surface area contributed by atoms with Crippen LogP contribution < -0.4 is 10.6 Å². The van der Waals surface area contributed by atoms with Gasteiger partial charge in [0.15, 0.2) is 0 Å². The molecule has 2 amide bonds. The molecule has 0 bridgehead atoms. The number of rotatable bonds is 5. The number of nitrogens with one attached hydrogen (secondary N) is 2. The van der Waals surface area contributed by atoms with Crippen molar-refractivity contribution in [2.75, 3.05) is 25.6 Å². The van der Waals surface area contributed by atoms with Crippen LogP contribution in [0.5, 0.6) is 0 Å². The van der Waals surface area contributed by atoms with Crippen molar-refractivity contribution in [2.45, 2.75) is 6.42 Å². The fourth-order valence-corrected chi connectivity index (χ4v) is 1.12. The van der Waals surface area contributed by atoms with Crippen LogP contribution in [0.1, 0.15) is 6.42 Å². The molecule has 0 aromatic carbocycles. The van der Waals surface area contributed by atoms with Crippen molar-refractivity contribution < 1.29 is 14.3 Å². The summed E-state index contributed by atoms with van der Waals surface area (Å²) < 4.78 is 4.82. The highest BCUT2D eigenvalue weighted by Crippen LogP contribution is 2.01. The maximum absolute atomic E-state index is 11.4. The van der Waals surface area contributed by atoms with Crippen LogP contribution in [0.15, 0.2) is 24.5 Å². The molecule has 92 valence electrons. The van der Waals surface area contributed by atoms with E-state index in [0.717, 1.165) is 0 Å². The molecular weight excluding hydrogens is 222 g/mol. The van der Waals surface area contributed by atoms with Crippen LogP contribution in [-0.2, 0) is 14.3 Å². The Morgan fingerprint density at radius 1 is 1.41 bits per heavy atom. The molecule has 1 aromatic rings. The molecule has 0 unspecified atom stereocenters. The summed E-state index contributed by atoms with van der Waals surface area (Å²) in [7, 11) is 1.58. The summed E-state index contributed by atoms with van der Waals surface area (Å²) in [4.78, 5) is 26.5. The van der Waals surface area contributed by atoms with E-state index in [1.54, 1.807) is 25.4 Å². The van der Waals surface area contributed by atoms with E-state index in [0.29, 0.717) is 25.3 Å². The Morgan fingerprint density at radius 2 is 2.24 bits per heavy atom. The van der Waals surface area contributed by atoms with E-state index in [1.807, 2.05) is 0 Å². The first-order chi connectivity index (χ1) is 8.24. The Kier molecular flexibility index (Phi) is 5.67. The highest BCUT2D eigenvalue weighted by molar-refractivity contribution is 6.39. The fourth-order valence-electron chi connectivity index (χ4n) is 1.12. The van der Waals surface area contributed by atoms with Gasteiger partial charge in [-0.05, 0) is 18.6 Å². The molecule has 0 saturated heterocycles. The summed E-state index contributed by atoms with van der Waals surface area (Å²) >= 11 is 0. The molecule has 0 radical (unpaired) electrons. The number of amides is 2. The highest BCUT2D eigenvalue weighted by atomic mass is 16.5. The molecule has 0 fully saturated rings. The van der Waals surface area contributed by atoms with Crippen LogP contribution in [0.2, 0.25) is 0 Å². The van der Waals surface area contributed by atoms with Gasteiger partial charge >= 0.3 is 11.8 Å². The topological polar surface area (TPSA) is 80.3 Å². The van der Waals surface area contributed by atoms with Gasteiger partial charge in [-0.1, -0.05) is 0 Å². The molecule has 1 rings (SSSR count). The monoisotopic (exact) mass is 237 g/mol. The van der Waals surface area contributed by atoms with Crippen molar-refractivity contribution in [1.29, 1.82) is 0 Å². The van der Waals surface area contributed by atoms with Crippen molar-refractivity contribution in [2.24, 2.45) is 0 Å². The zero-order chi connectivity index (χ0) is 12.5. The number of pyridine rings is 1. The lowest BCUT2D eigenvalue weighted by Crippen LogP contribution is -2.36. The summed E-state index contributed by atoms with van der Waals surface area (Å²) in [5, 5.41) is 4.92. The molecular formula is C11H15N3O3. The minimum absolute atomic E-state index is 0.410. The van der Waals surface area contributed by atoms with Gasteiger partial charge in [0.2, 0.25) is 0 Å². The van der Waals surface area contributed by atoms with E-state index in [-0.39, 0.29) is 0 Å². The lowest BCUT2D eigenvalue weighted by Gasteiger charge is -2.05. The van der Waals surface area contributed by atoms with E-state index in [2.05, 4.69) is 15.6 Å². The zero-order valence-electron chi connectivity index (χ0n) is 9.60. The standard InChI is InChI=1S/C11H15N3O3/c1-17-7-3-6-13-10(15)11(16)14-9-4-2-5-12-8-9/h2,4-5,8H,3,6-7H2,1H3,(H,13,15)(H,14,16). The first-order valence-electron chi connectivity index (χ1n) is 5.22. The molecule has 0 saturated carbocycles. The Bertz CT molecular complexity index is 367. The SMILES string of the molecule is COCCCNC(=O)C(=O)Nc1cccnc1. The Morgan fingerprint density at radius 3 is 2.88 bits per heavy atom. The second-order valence-electron chi connectivity index (χ2n) is 3.30. The predicted molar refractivity (Wildman–Crippen MR) is 62.4 cm³/mol. The molecule has 0 aliphatic carbocycles. The number of aromatic nitrogens is 1. The normalized spacial score (nSPS) is 9.71. The van der Waals surface area contributed by atoms with Gasteiger partial charge in [0, 0.05) is 26.5 Å². The minimum Gasteiger partial charge on any atom is -0.385 e. The number of hydrogen-bond acceptors (Lipinski definition) is 4. The summed E-state index contributed by atoms with van der Waals surface area (Å²) in [6.45, 7) is 0.956. The summed E-state index contributed by atoms with van der Waals surface area (Å²) in [6, 6.07) is 3.33. The summed E-state index contributed by atoms with van der Waals surface area (Å²) in [5.74, 6) is -1.36. The molecule has 0 aliphatic rings. The molecule has 1 heterocycles. The lowest BCUT2D eigenvalue weighted by atomic mass is 10.4. The van der Waals surface area contributed by atoms with Crippen LogP contribution in [0.3, 0.4) is 0 Å². The number of methoxy groups -OCH3 is 1. The molecule has 17 heavy (non-hydrogen) atoms. The average Bonchev–Trinajstić information content (AvgIpc) is 2.35. The maximum Gasteiger partial charge on any atom is 0.313 e. The maximum atomic E-state index is 11.4. The van der Waals surface area contributed by atoms with Gasteiger partial charge in [-0.25, -0.2) is 0 Å². The van der Waals surface area contributed by atoms with Crippen LogP contribution in [0.25, 0.3) is 0 Å². The molecule has 2 N–H and O–H groups in total. The number of anilines is 1. The van der Waals surface area contributed by atoms with E-state index in [9.17, 15) is 9.59 Å². The van der Waals surface area contributed by atoms with E-state index in [4.69, 9.17) is 4.74 Å². The van der Waals surface area contributed by atoms with Gasteiger partial charge in [0.05, 0.1) is 11.9 Å². The van der Waals surface area contributed by atoms with Crippen LogP contribution in [0, 0.1) is 0 Å². The summed E-state index contributed by atoms with van der Waals surface area (Å²) in [5.41, 5.74) is 0.490. The molecule has 6 nitrogen and oxygen atoms in total. The number of carbonyl (C=O) groups is 2. The minimum atomic E-state index is -0.699. The van der Waals surface area contributed by atoms with E-state index in [1.165, 1.54) is 6.20 Å². The van der Waals surface area contributed by atoms with Crippen LogP contribution in [0.4, 0.5) is 5.69 Å². The second kappa shape index (κ2) is 7.34. The highest BCUT2D eigenvalue weighted by Gasteiger charge is 2.12. The molecule has 0 spiro atoms. The zero-order valence-corrected chi connectivity index (χ0v) is 9.60. The van der Waals surface area contributed by atoms with Crippen LogP contribution >= 0.6 is 0 Å². The third kappa shape index (κ3) is 5.07. The van der Waals surface area contributed by atoms with Crippen molar-refractivity contribution in [1.82, 2.24) is 10.3 Å². The lowest BCUT2D eigenvalue weighted by molar-refractivity contribution is -0.136. The second-order valence-corrected chi connectivity index (χ2v) is 3.30. The van der Waals surface area contributed by atoms with Gasteiger partial charge in [0.25, 0.3) is 0 Å². The number of ether oxygens (including phenoxy) is 1. The molecule has 0 aliphatic heterocycles. The first kappa shape index (κ1) is 13.1. The molecule has 0 atom stereocenters. The van der Waals surface area contributed by atoms with Gasteiger partial charge in [-0.3, -0.25) is 14.6 Å². The third-order valence-corrected chi connectivity index (χ3v) is 1.94. The fraction of sp³-hybridized carbons (Fsp3) is 0.364. The largest absolute Gasteiger partial charge is 0.385 e. The van der Waals surface area contributed by atoms with Crippen molar-refractivity contribution in [3.05, 3.63) is 24.5 Å². The van der Waals surface area contributed by atoms with Gasteiger partial charge in [-0.15, -0.1) is 0 Å². The van der Waals surface area contributed by atoms with Gasteiger partial charge in [-0.2, -0.15) is 0 Å². The van der Waals surface area contributed by atoms with Crippen molar-refractivity contribution in [3.8, 4) is 0 Å². The number of nitrogens with zero attached hydrogens (tertiary/aromatic N) is 1. The third-order valence-electron chi connectivity index (χ3n) is 1.94. The smallest absolute Gasteiger partial charge is 0.313 e. The Hall–Kier alpha value is -1.95. The molecule has 6 heteroatoms. The van der Waals surface area contributed by atoms with Crippen molar-refractivity contribution in [3.63, 3.8) is 0 Å².